The molecule has 0 spiro atoms. The van der Waals surface area contributed by atoms with Crippen LogP contribution in [0.2, 0.25) is 0 Å². The second-order valence-electron chi connectivity index (χ2n) is 4.50. The lowest BCUT2D eigenvalue weighted by molar-refractivity contribution is 0.169. The molecule has 1 saturated carbocycles. The van der Waals surface area contributed by atoms with Crippen LogP contribution in [0.3, 0.4) is 0 Å². The number of aromatic nitrogens is 2. The Labute approximate surface area is 90.3 Å². The monoisotopic (exact) mass is 209 g/mol. The second-order valence-corrected chi connectivity index (χ2v) is 4.50. The number of aliphatic hydroxyl groups is 1. The van der Waals surface area contributed by atoms with E-state index in [1.807, 2.05) is 13.2 Å². The number of aryl methyl sites for hydroxylation is 1. The number of nitrogens with zero attached hydrogens (tertiary/aromatic N) is 2. The second kappa shape index (κ2) is 4.33. The summed E-state index contributed by atoms with van der Waals surface area (Å²) in [6.45, 7) is 2.80. The lowest BCUT2D eigenvalue weighted by Crippen LogP contribution is -2.31. The molecule has 0 aliphatic heterocycles. The van der Waals surface area contributed by atoms with Gasteiger partial charge in [-0.15, -0.1) is 0 Å². The van der Waals surface area contributed by atoms with Gasteiger partial charge in [0, 0.05) is 31.4 Å². The Kier molecular flexibility index (Phi) is 3.07. The van der Waals surface area contributed by atoms with Crippen molar-refractivity contribution in [1.29, 1.82) is 0 Å². The van der Waals surface area contributed by atoms with E-state index in [1.54, 1.807) is 10.9 Å². The first-order valence-electron chi connectivity index (χ1n) is 5.57. The highest BCUT2D eigenvalue weighted by Crippen LogP contribution is 2.32. The Hall–Kier alpha value is -0.870. The van der Waals surface area contributed by atoms with Gasteiger partial charge in [0.2, 0.25) is 0 Å². The van der Waals surface area contributed by atoms with E-state index in [2.05, 4.69) is 17.3 Å². The molecule has 2 unspecified atom stereocenters. The van der Waals surface area contributed by atoms with Gasteiger partial charge in [-0.25, -0.2) is 0 Å². The molecule has 1 aromatic heterocycles. The summed E-state index contributed by atoms with van der Waals surface area (Å²) in [5, 5.41) is 17.3. The maximum atomic E-state index is 9.87. The molecule has 84 valence electrons. The van der Waals surface area contributed by atoms with Crippen molar-refractivity contribution in [2.24, 2.45) is 13.0 Å². The summed E-state index contributed by atoms with van der Waals surface area (Å²) < 4.78 is 1.71. The SMILES string of the molecule is CC(NCC(O)c1cnn(C)c1)C1CC1. The van der Waals surface area contributed by atoms with E-state index in [4.69, 9.17) is 0 Å². The van der Waals surface area contributed by atoms with Crippen molar-refractivity contribution in [1.82, 2.24) is 15.1 Å². The van der Waals surface area contributed by atoms with Crippen LogP contribution < -0.4 is 5.32 Å². The Morgan fingerprint density at radius 2 is 2.40 bits per heavy atom. The fourth-order valence-corrected chi connectivity index (χ4v) is 1.79. The van der Waals surface area contributed by atoms with Gasteiger partial charge in [-0.2, -0.15) is 5.10 Å². The Balaban J connectivity index is 1.78. The van der Waals surface area contributed by atoms with Gasteiger partial charge in [0.05, 0.1) is 12.3 Å². The topological polar surface area (TPSA) is 50.1 Å². The first kappa shape index (κ1) is 10.6. The molecule has 1 aromatic rings. The van der Waals surface area contributed by atoms with Crippen LogP contribution in [-0.2, 0) is 7.05 Å². The molecule has 1 heterocycles. The van der Waals surface area contributed by atoms with Crippen molar-refractivity contribution in [3.8, 4) is 0 Å². The van der Waals surface area contributed by atoms with Gasteiger partial charge < -0.3 is 10.4 Å². The predicted octanol–water partition coefficient (Wildman–Crippen LogP) is 0.842. The highest BCUT2D eigenvalue weighted by atomic mass is 16.3. The summed E-state index contributed by atoms with van der Waals surface area (Å²) in [7, 11) is 1.86. The van der Waals surface area contributed by atoms with Gasteiger partial charge >= 0.3 is 0 Å². The maximum absolute atomic E-state index is 9.87. The van der Waals surface area contributed by atoms with E-state index < -0.39 is 6.10 Å². The van der Waals surface area contributed by atoms with Crippen molar-refractivity contribution in [2.75, 3.05) is 6.54 Å². The van der Waals surface area contributed by atoms with Crippen LogP contribution in [0.5, 0.6) is 0 Å². The number of nitrogens with one attached hydrogen (secondary N) is 1. The third-order valence-corrected chi connectivity index (χ3v) is 3.07. The van der Waals surface area contributed by atoms with E-state index in [0.717, 1.165) is 11.5 Å². The van der Waals surface area contributed by atoms with Crippen LogP contribution in [0.15, 0.2) is 12.4 Å². The molecule has 0 bridgehead atoms. The molecule has 2 atom stereocenters. The van der Waals surface area contributed by atoms with Crippen molar-refractivity contribution in [3.63, 3.8) is 0 Å². The van der Waals surface area contributed by atoms with E-state index in [-0.39, 0.29) is 0 Å². The van der Waals surface area contributed by atoms with Gasteiger partial charge in [-0.3, -0.25) is 4.68 Å². The number of aliphatic hydroxyl groups excluding tert-OH is 1. The molecule has 4 heteroatoms. The maximum Gasteiger partial charge on any atom is 0.0944 e. The van der Waals surface area contributed by atoms with Gasteiger partial charge in [-0.05, 0) is 25.7 Å². The lowest BCUT2D eigenvalue weighted by Gasteiger charge is -2.15. The molecular weight excluding hydrogens is 190 g/mol. The molecule has 15 heavy (non-hydrogen) atoms. The van der Waals surface area contributed by atoms with Crippen LogP contribution >= 0.6 is 0 Å². The minimum Gasteiger partial charge on any atom is -0.387 e. The van der Waals surface area contributed by atoms with Crippen molar-refractivity contribution >= 4 is 0 Å². The Morgan fingerprint density at radius 3 is 2.93 bits per heavy atom. The normalized spacial score (nSPS) is 20.2. The van der Waals surface area contributed by atoms with Crippen molar-refractivity contribution in [3.05, 3.63) is 18.0 Å². The standard InChI is InChI=1S/C11H19N3O/c1-8(9-3-4-9)12-6-11(15)10-5-13-14(2)7-10/h5,7-9,11-12,15H,3-4,6H2,1-2H3. The minimum atomic E-state index is -0.445. The average molecular weight is 209 g/mol. The molecule has 0 aromatic carbocycles. The smallest absolute Gasteiger partial charge is 0.0944 e. The molecule has 2 N–H and O–H groups in total. The summed E-state index contributed by atoms with van der Waals surface area (Å²) >= 11 is 0. The summed E-state index contributed by atoms with van der Waals surface area (Å²) in [4.78, 5) is 0. The molecule has 1 aliphatic rings. The van der Waals surface area contributed by atoms with Crippen LogP contribution in [0.4, 0.5) is 0 Å². The van der Waals surface area contributed by atoms with E-state index >= 15 is 0 Å². The third-order valence-electron chi connectivity index (χ3n) is 3.07. The quantitative estimate of drug-likeness (QED) is 0.755. The van der Waals surface area contributed by atoms with Crippen molar-refractivity contribution < 1.29 is 5.11 Å². The zero-order chi connectivity index (χ0) is 10.8. The van der Waals surface area contributed by atoms with Gasteiger partial charge in [0.1, 0.15) is 0 Å². The number of rotatable bonds is 5. The summed E-state index contributed by atoms with van der Waals surface area (Å²) in [6.07, 6.45) is 5.79. The largest absolute Gasteiger partial charge is 0.387 e. The number of hydrogen-bond donors (Lipinski definition) is 2. The molecule has 2 rings (SSSR count). The predicted molar refractivity (Wildman–Crippen MR) is 58.4 cm³/mol. The Bertz CT molecular complexity index is 319. The molecule has 4 nitrogen and oxygen atoms in total. The summed E-state index contributed by atoms with van der Waals surface area (Å²) in [6, 6.07) is 0.524. The third kappa shape index (κ3) is 2.79. The summed E-state index contributed by atoms with van der Waals surface area (Å²) in [5.41, 5.74) is 0.882. The fraction of sp³-hybridized carbons (Fsp3) is 0.727. The van der Waals surface area contributed by atoms with Crippen LogP contribution in [0, 0.1) is 5.92 Å². The highest BCUT2D eigenvalue weighted by Gasteiger charge is 2.27. The molecule has 1 aliphatic carbocycles. The minimum absolute atomic E-state index is 0.445. The van der Waals surface area contributed by atoms with Gasteiger partial charge in [0.15, 0.2) is 0 Å². The Morgan fingerprint density at radius 1 is 1.67 bits per heavy atom. The van der Waals surface area contributed by atoms with E-state index in [9.17, 15) is 5.11 Å². The average Bonchev–Trinajstić information content (AvgIpc) is 2.97. The summed E-state index contributed by atoms with van der Waals surface area (Å²) in [5.74, 6) is 0.825. The van der Waals surface area contributed by atoms with E-state index in [1.165, 1.54) is 12.8 Å². The van der Waals surface area contributed by atoms with Crippen LogP contribution in [0.1, 0.15) is 31.4 Å². The first-order chi connectivity index (χ1) is 7.16. The zero-order valence-corrected chi connectivity index (χ0v) is 9.35. The molecule has 0 amide bonds. The number of hydrogen-bond acceptors (Lipinski definition) is 3. The van der Waals surface area contributed by atoms with Crippen LogP contribution in [-0.4, -0.2) is 27.5 Å². The fourth-order valence-electron chi connectivity index (χ4n) is 1.79. The lowest BCUT2D eigenvalue weighted by atomic mass is 10.1. The molecule has 1 fully saturated rings. The first-order valence-corrected chi connectivity index (χ1v) is 5.57. The molecule has 0 radical (unpaired) electrons. The van der Waals surface area contributed by atoms with Crippen LogP contribution in [0.25, 0.3) is 0 Å². The molecule has 0 saturated heterocycles. The highest BCUT2D eigenvalue weighted by molar-refractivity contribution is 5.08. The van der Waals surface area contributed by atoms with Crippen molar-refractivity contribution in [2.45, 2.75) is 31.9 Å². The molecular formula is C11H19N3O. The zero-order valence-electron chi connectivity index (χ0n) is 9.35. The van der Waals surface area contributed by atoms with E-state index in [0.29, 0.717) is 12.6 Å². The van der Waals surface area contributed by atoms with Gasteiger partial charge in [-0.1, -0.05) is 0 Å². The van der Waals surface area contributed by atoms with Gasteiger partial charge in [0.25, 0.3) is 0 Å².